The number of carbonyl (C=O) groups excluding carboxylic acids is 1. The molecule has 0 aromatic rings. The Hall–Kier alpha value is -1.54. The van der Waals surface area contributed by atoms with Gasteiger partial charge in [0.1, 0.15) is 6.04 Å². The average Bonchev–Trinajstić information content (AvgIpc) is 2.28. The van der Waals surface area contributed by atoms with Crippen molar-refractivity contribution < 1.29 is 14.7 Å². The van der Waals surface area contributed by atoms with Gasteiger partial charge < -0.3 is 16.2 Å². The molecule has 0 rings (SSSR count). The lowest BCUT2D eigenvalue weighted by molar-refractivity contribution is -0.142. The Balaban J connectivity index is 3.94. The van der Waals surface area contributed by atoms with Gasteiger partial charge in [0.15, 0.2) is 0 Å². The zero-order valence-corrected chi connectivity index (χ0v) is 9.95. The number of carboxylic acids is 1. The van der Waals surface area contributed by atoms with Crippen LogP contribution in [0.5, 0.6) is 0 Å². The summed E-state index contributed by atoms with van der Waals surface area (Å²) in [4.78, 5) is 22.3. The molecule has 1 amide bonds. The van der Waals surface area contributed by atoms with Crippen LogP contribution in [0.4, 0.5) is 0 Å². The number of aliphatic carboxylic acids is 1. The average molecular weight is 240 g/mol. The first kappa shape index (κ1) is 15.5. The molecular formula is C12H20N2O3. The monoisotopic (exact) mass is 240 g/mol. The molecule has 0 heterocycles. The van der Waals surface area contributed by atoms with Gasteiger partial charge in [0.2, 0.25) is 5.91 Å². The van der Waals surface area contributed by atoms with Gasteiger partial charge in [0, 0.05) is 12.8 Å². The van der Waals surface area contributed by atoms with Crippen LogP contribution in [-0.4, -0.2) is 29.6 Å². The van der Waals surface area contributed by atoms with E-state index in [0.717, 1.165) is 6.42 Å². The van der Waals surface area contributed by atoms with Crippen LogP contribution in [0.1, 0.15) is 38.5 Å². The van der Waals surface area contributed by atoms with Crippen molar-refractivity contribution in [2.24, 2.45) is 5.73 Å². The van der Waals surface area contributed by atoms with Crippen LogP contribution in [0.2, 0.25) is 0 Å². The molecule has 0 aliphatic heterocycles. The largest absolute Gasteiger partial charge is 0.480 e. The lowest BCUT2D eigenvalue weighted by atomic mass is 10.1. The minimum atomic E-state index is -1.01. The van der Waals surface area contributed by atoms with Crippen LogP contribution in [-0.2, 0) is 9.59 Å². The highest BCUT2D eigenvalue weighted by atomic mass is 16.4. The van der Waals surface area contributed by atoms with E-state index in [2.05, 4.69) is 11.2 Å². The molecule has 17 heavy (non-hydrogen) atoms. The molecule has 0 aromatic carbocycles. The van der Waals surface area contributed by atoms with E-state index in [0.29, 0.717) is 32.2 Å². The number of carbonyl (C=O) groups is 2. The highest BCUT2D eigenvalue weighted by Crippen LogP contribution is 2.02. The first-order valence-corrected chi connectivity index (χ1v) is 5.77. The molecule has 0 aromatic heterocycles. The highest BCUT2D eigenvalue weighted by Gasteiger charge is 2.18. The maximum absolute atomic E-state index is 11.4. The summed E-state index contributed by atoms with van der Waals surface area (Å²) in [6, 6.07) is -0.820. The zero-order chi connectivity index (χ0) is 13.1. The van der Waals surface area contributed by atoms with Gasteiger partial charge in [-0.15, -0.1) is 12.3 Å². The third-order valence-corrected chi connectivity index (χ3v) is 2.31. The minimum absolute atomic E-state index is 0.264. The van der Waals surface area contributed by atoms with E-state index < -0.39 is 12.0 Å². The Morgan fingerprint density at radius 2 is 2.06 bits per heavy atom. The van der Waals surface area contributed by atoms with Crippen LogP contribution < -0.4 is 11.1 Å². The SMILES string of the molecule is C#CCCCC(=O)N[C@@H](CCCCN)C(=O)O. The number of hydrogen-bond acceptors (Lipinski definition) is 3. The molecule has 0 unspecified atom stereocenters. The summed E-state index contributed by atoms with van der Waals surface area (Å²) in [5.74, 6) is 1.16. The molecule has 0 bridgehead atoms. The Labute approximate surface area is 102 Å². The van der Waals surface area contributed by atoms with Gasteiger partial charge in [-0.05, 0) is 32.2 Å². The molecule has 0 saturated carbocycles. The quantitative estimate of drug-likeness (QED) is 0.404. The van der Waals surface area contributed by atoms with Crippen molar-refractivity contribution in [1.82, 2.24) is 5.32 Å². The topological polar surface area (TPSA) is 92.4 Å². The summed E-state index contributed by atoms with van der Waals surface area (Å²) >= 11 is 0. The summed E-state index contributed by atoms with van der Waals surface area (Å²) in [7, 11) is 0. The van der Waals surface area contributed by atoms with Crippen LogP contribution in [0, 0.1) is 12.3 Å². The maximum Gasteiger partial charge on any atom is 0.326 e. The van der Waals surface area contributed by atoms with Gasteiger partial charge >= 0.3 is 5.97 Å². The van der Waals surface area contributed by atoms with Crippen LogP contribution in [0.15, 0.2) is 0 Å². The van der Waals surface area contributed by atoms with E-state index in [1.165, 1.54) is 0 Å². The van der Waals surface area contributed by atoms with Crippen LogP contribution in [0.25, 0.3) is 0 Å². The Bertz CT molecular complexity index is 284. The van der Waals surface area contributed by atoms with E-state index in [4.69, 9.17) is 17.3 Å². The maximum atomic E-state index is 11.4. The third-order valence-electron chi connectivity index (χ3n) is 2.31. The molecule has 96 valence electrons. The molecule has 1 atom stereocenters. The zero-order valence-electron chi connectivity index (χ0n) is 9.95. The van der Waals surface area contributed by atoms with E-state index in [9.17, 15) is 9.59 Å². The molecule has 4 N–H and O–H groups in total. The van der Waals surface area contributed by atoms with Crippen molar-refractivity contribution in [3.63, 3.8) is 0 Å². The summed E-state index contributed by atoms with van der Waals surface area (Å²) < 4.78 is 0. The van der Waals surface area contributed by atoms with Crippen molar-refractivity contribution in [3.05, 3.63) is 0 Å². The predicted molar refractivity (Wildman–Crippen MR) is 65.2 cm³/mol. The minimum Gasteiger partial charge on any atom is -0.480 e. The van der Waals surface area contributed by atoms with Crippen molar-refractivity contribution in [3.8, 4) is 12.3 Å². The molecule has 0 aliphatic carbocycles. The van der Waals surface area contributed by atoms with Gasteiger partial charge in [-0.25, -0.2) is 4.79 Å². The summed E-state index contributed by atoms with van der Waals surface area (Å²) in [6.45, 7) is 0.530. The van der Waals surface area contributed by atoms with Crippen LogP contribution >= 0.6 is 0 Å². The molecule has 5 nitrogen and oxygen atoms in total. The molecule has 0 fully saturated rings. The van der Waals surface area contributed by atoms with Crippen LogP contribution in [0.3, 0.4) is 0 Å². The number of unbranched alkanes of at least 4 members (excludes halogenated alkanes) is 2. The fraction of sp³-hybridized carbons (Fsp3) is 0.667. The Morgan fingerprint density at radius 3 is 2.59 bits per heavy atom. The van der Waals surface area contributed by atoms with E-state index >= 15 is 0 Å². The van der Waals surface area contributed by atoms with Crippen molar-refractivity contribution in [2.45, 2.75) is 44.6 Å². The fourth-order valence-electron chi connectivity index (χ4n) is 1.37. The smallest absolute Gasteiger partial charge is 0.326 e. The molecular weight excluding hydrogens is 220 g/mol. The normalized spacial score (nSPS) is 11.5. The first-order valence-electron chi connectivity index (χ1n) is 5.77. The number of amides is 1. The molecule has 0 radical (unpaired) electrons. The second kappa shape index (κ2) is 9.67. The lowest BCUT2D eigenvalue weighted by Gasteiger charge is -2.13. The Morgan fingerprint density at radius 1 is 1.35 bits per heavy atom. The molecule has 0 spiro atoms. The molecule has 0 aliphatic rings. The summed E-state index contributed by atoms with van der Waals surface area (Å²) in [5, 5.41) is 11.4. The Kier molecular flexibility index (Phi) is 8.79. The number of nitrogens with one attached hydrogen (secondary N) is 1. The third kappa shape index (κ3) is 8.29. The van der Waals surface area contributed by atoms with Gasteiger partial charge in [-0.1, -0.05) is 0 Å². The standard InChI is InChI=1S/C12H20N2O3/c1-2-3-4-8-11(15)14-10(12(16)17)7-5-6-9-13/h1,10H,3-9,13H2,(H,14,15)(H,16,17)/t10-/m0/s1. The molecule has 5 heteroatoms. The number of nitrogens with two attached hydrogens (primary N) is 1. The van der Waals surface area contributed by atoms with Crippen molar-refractivity contribution >= 4 is 11.9 Å². The summed E-state index contributed by atoms with van der Waals surface area (Å²) in [6.07, 6.45) is 8.30. The number of terminal acetylenes is 1. The first-order chi connectivity index (χ1) is 8.11. The number of carboxylic acid groups (broad SMARTS) is 1. The van der Waals surface area contributed by atoms with Gasteiger partial charge in [0.05, 0.1) is 0 Å². The van der Waals surface area contributed by atoms with Crippen molar-refractivity contribution in [1.29, 1.82) is 0 Å². The number of hydrogen-bond donors (Lipinski definition) is 3. The van der Waals surface area contributed by atoms with E-state index in [-0.39, 0.29) is 12.3 Å². The second-order valence-corrected chi connectivity index (χ2v) is 3.80. The van der Waals surface area contributed by atoms with Gasteiger partial charge in [-0.2, -0.15) is 0 Å². The predicted octanol–water partition coefficient (Wildman–Crippen LogP) is 0.488. The molecule has 0 saturated heterocycles. The van der Waals surface area contributed by atoms with E-state index in [1.54, 1.807) is 0 Å². The number of rotatable bonds is 9. The summed E-state index contributed by atoms with van der Waals surface area (Å²) in [5.41, 5.74) is 5.32. The van der Waals surface area contributed by atoms with Gasteiger partial charge in [0.25, 0.3) is 0 Å². The van der Waals surface area contributed by atoms with Gasteiger partial charge in [-0.3, -0.25) is 4.79 Å². The highest BCUT2D eigenvalue weighted by molar-refractivity contribution is 5.83. The van der Waals surface area contributed by atoms with Crippen molar-refractivity contribution in [2.75, 3.05) is 6.54 Å². The lowest BCUT2D eigenvalue weighted by Crippen LogP contribution is -2.40. The fourth-order valence-corrected chi connectivity index (χ4v) is 1.37. The van der Waals surface area contributed by atoms with E-state index in [1.807, 2.05) is 0 Å². The second-order valence-electron chi connectivity index (χ2n) is 3.80.